The molecule has 0 aromatic heterocycles. The number of anilines is 1. The Labute approximate surface area is 139 Å². The zero-order valence-electron chi connectivity index (χ0n) is 13.1. The highest BCUT2D eigenvalue weighted by molar-refractivity contribution is 6.09. The molecular weight excluding hydrogens is 308 g/mol. The summed E-state index contributed by atoms with van der Waals surface area (Å²) in [7, 11) is 0. The Morgan fingerprint density at radius 3 is 2.62 bits per heavy atom. The van der Waals surface area contributed by atoms with Gasteiger partial charge in [-0.25, -0.2) is 0 Å². The van der Waals surface area contributed by atoms with Crippen LogP contribution in [-0.4, -0.2) is 35.0 Å². The van der Waals surface area contributed by atoms with Crippen molar-refractivity contribution in [1.29, 1.82) is 0 Å². The van der Waals surface area contributed by atoms with Crippen molar-refractivity contribution in [3.05, 3.63) is 69.8 Å². The number of aliphatic hydroxyl groups is 1. The third-order valence-corrected chi connectivity index (χ3v) is 4.37. The quantitative estimate of drug-likeness (QED) is 0.519. The molecule has 2 aromatic carbocycles. The van der Waals surface area contributed by atoms with Crippen LogP contribution in [0.15, 0.2) is 48.5 Å². The topological polar surface area (TPSA) is 83.7 Å². The first kappa shape index (κ1) is 16.1. The number of hydrogen-bond donors (Lipinski definition) is 1. The van der Waals surface area contributed by atoms with Crippen LogP contribution in [0.5, 0.6) is 0 Å². The van der Waals surface area contributed by atoms with E-state index in [9.17, 15) is 20.0 Å². The summed E-state index contributed by atoms with van der Waals surface area (Å²) in [5, 5.41) is 20.9. The molecule has 2 aromatic rings. The van der Waals surface area contributed by atoms with E-state index in [1.807, 2.05) is 11.0 Å². The minimum atomic E-state index is -0.468. The van der Waals surface area contributed by atoms with E-state index in [1.165, 1.54) is 6.07 Å². The summed E-state index contributed by atoms with van der Waals surface area (Å²) in [6, 6.07) is 13.1. The van der Waals surface area contributed by atoms with Gasteiger partial charge in [-0.1, -0.05) is 30.3 Å². The number of carbonyl (C=O) groups excluding carboxylic acids is 1. The molecule has 0 radical (unpaired) electrons. The smallest absolute Gasteiger partial charge is 0.293 e. The molecule has 0 amide bonds. The zero-order valence-corrected chi connectivity index (χ0v) is 13.1. The molecule has 3 rings (SSSR count). The van der Waals surface area contributed by atoms with E-state index >= 15 is 0 Å². The molecule has 124 valence electrons. The van der Waals surface area contributed by atoms with E-state index < -0.39 is 4.92 Å². The van der Waals surface area contributed by atoms with E-state index in [-0.39, 0.29) is 29.7 Å². The van der Waals surface area contributed by atoms with Gasteiger partial charge in [-0.3, -0.25) is 14.9 Å². The lowest BCUT2D eigenvalue weighted by Crippen LogP contribution is -2.32. The lowest BCUT2D eigenvalue weighted by molar-refractivity contribution is -0.384. The van der Waals surface area contributed by atoms with Crippen molar-refractivity contribution >= 4 is 17.2 Å². The fourth-order valence-electron chi connectivity index (χ4n) is 3.15. The average Bonchev–Trinajstić information content (AvgIpc) is 3.09. The Balaban J connectivity index is 1.99. The molecular formula is C18H18N2O4. The number of nitro groups is 1. The van der Waals surface area contributed by atoms with Crippen molar-refractivity contribution in [2.45, 2.75) is 18.9 Å². The molecule has 0 bridgehead atoms. The number of rotatable bonds is 5. The third kappa shape index (κ3) is 3.00. The van der Waals surface area contributed by atoms with Gasteiger partial charge >= 0.3 is 0 Å². The second-order valence-electron chi connectivity index (χ2n) is 5.83. The first-order valence-electron chi connectivity index (χ1n) is 7.87. The van der Waals surface area contributed by atoms with Gasteiger partial charge in [0.15, 0.2) is 5.78 Å². The molecule has 1 aliphatic rings. The first-order chi connectivity index (χ1) is 11.6. The maximum absolute atomic E-state index is 12.5. The number of carbonyl (C=O) groups is 1. The summed E-state index contributed by atoms with van der Waals surface area (Å²) in [6.45, 7) is 0.625. The number of ketones is 1. The molecule has 0 aliphatic carbocycles. The third-order valence-electron chi connectivity index (χ3n) is 4.37. The van der Waals surface area contributed by atoms with Crippen molar-refractivity contribution < 1.29 is 14.8 Å². The summed E-state index contributed by atoms with van der Waals surface area (Å²) >= 11 is 0. The number of nitrogens with zero attached hydrogens (tertiary/aromatic N) is 2. The summed E-state index contributed by atoms with van der Waals surface area (Å²) < 4.78 is 0. The van der Waals surface area contributed by atoms with E-state index in [0.717, 1.165) is 12.8 Å². The van der Waals surface area contributed by atoms with Gasteiger partial charge in [-0.05, 0) is 25.0 Å². The minimum absolute atomic E-state index is 0.0398. The Morgan fingerprint density at radius 2 is 1.96 bits per heavy atom. The molecule has 0 unspecified atom stereocenters. The number of aliphatic hydroxyl groups excluding tert-OH is 1. The number of benzene rings is 2. The second-order valence-corrected chi connectivity index (χ2v) is 5.83. The largest absolute Gasteiger partial charge is 0.394 e. The first-order valence-corrected chi connectivity index (χ1v) is 7.87. The highest BCUT2D eigenvalue weighted by Crippen LogP contribution is 2.34. The maximum atomic E-state index is 12.5. The lowest BCUT2D eigenvalue weighted by atomic mass is 10.0. The predicted octanol–water partition coefficient (Wildman–Crippen LogP) is 2.79. The van der Waals surface area contributed by atoms with Crippen molar-refractivity contribution in [2.24, 2.45) is 0 Å². The van der Waals surface area contributed by atoms with Gasteiger partial charge in [0, 0.05) is 23.7 Å². The van der Waals surface area contributed by atoms with E-state index in [4.69, 9.17) is 0 Å². The van der Waals surface area contributed by atoms with Crippen molar-refractivity contribution in [3.8, 4) is 0 Å². The van der Waals surface area contributed by atoms with Crippen LogP contribution in [0.4, 0.5) is 11.4 Å². The van der Waals surface area contributed by atoms with Gasteiger partial charge in [0.05, 0.1) is 17.6 Å². The van der Waals surface area contributed by atoms with E-state index in [1.54, 1.807) is 36.4 Å². The Kier molecular flexibility index (Phi) is 4.57. The van der Waals surface area contributed by atoms with Crippen LogP contribution >= 0.6 is 0 Å². The Morgan fingerprint density at radius 1 is 1.21 bits per heavy atom. The molecule has 1 heterocycles. The van der Waals surface area contributed by atoms with Gasteiger partial charge in [0.1, 0.15) is 5.69 Å². The lowest BCUT2D eigenvalue weighted by Gasteiger charge is -2.25. The average molecular weight is 326 g/mol. The molecule has 1 fully saturated rings. The zero-order chi connectivity index (χ0) is 17.1. The number of nitro benzene ring substituents is 1. The fraction of sp³-hybridized carbons (Fsp3) is 0.278. The molecule has 0 saturated carbocycles. The second kappa shape index (κ2) is 6.80. The van der Waals surface area contributed by atoms with Crippen LogP contribution < -0.4 is 4.90 Å². The van der Waals surface area contributed by atoms with Crippen LogP contribution in [0.3, 0.4) is 0 Å². The molecule has 1 atom stereocenters. The summed E-state index contributed by atoms with van der Waals surface area (Å²) in [6.07, 6.45) is 1.69. The van der Waals surface area contributed by atoms with Crippen LogP contribution in [0.2, 0.25) is 0 Å². The van der Waals surface area contributed by atoms with Crippen molar-refractivity contribution in [3.63, 3.8) is 0 Å². The van der Waals surface area contributed by atoms with Crippen LogP contribution in [0, 0.1) is 10.1 Å². The summed E-state index contributed by atoms with van der Waals surface area (Å²) in [5.74, 6) is -0.245. The maximum Gasteiger partial charge on any atom is 0.293 e. The number of hydrogen-bond acceptors (Lipinski definition) is 5. The van der Waals surface area contributed by atoms with Crippen LogP contribution in [0.25, 0.3) is 0 Å². The Bertz CT molecular complexity index is 761. The Hall–Kier alpha value is -2.73. The van der Waals surface area contributed by atoms with Gasteiger partial charge in [0.2, 0.25) is 0 Å². The molecule has 24 heavy (non-hydrogen) atoms. The fourth-order valence-corrected chi connectivity index (χ4v) is 3.15. The van der Waals surface area contributed by atoms with E-state index in [2.05, 4.69) is 0 Å². The van der Waals surface area contributed by atoms with Gasteiger partial charge in [-0.15, -0.1) is 0 Å². The highest BCUT2D eigenvalue weighted by atomic mass is 16.6. The van der Waals surface area contributed by atoms with Crippen LogP contribution in [-0.2, 0) is 0 Å². The molecule has 1 aliphatic heterocycles. The molecule has 1 N–H and O–H groups in total. The molecule has 1 saturated heterocycles. The minimum Gasteiger partial charge on any atom is -0.394 e. The van der Waals surface area contributed by atoms with Gasteiger partial charge in [-0.2, -0.15) is 0 Å². The van der Waals surface area contributed by atoms with Crippen LogP contribution in [0.1, 0.15) is 28.8 Å². The van der Waals surface area contributed by atoms with E-state index in [0.29, 0.717) is 17.8 Å². The predicted molar refractivity (Wildman–Crippen MR) is 90.4 cm³/mol. The summed E-state index contributed by atoms with van der Waals surface area (Å²) in [5.41, 5.74) is 1.14. The molecule has 6 heteroatoms. The normalized spacial score (nSPS) is 17.0. The highest BCUT2D eigenvalue weighted by Gasteiger charge is 2.30. The monoisotopic (exact) mass is 326 g/mol. The van der Waals surface area contributed by atoms with Crippen molar-refractivity contribution in [2.75, 3.05) is 18.1 Å². The summed E-state index contributed by atoms with van der Waals surface area (Å²) in [4.78, 5) is 25.4. The molecule has 6 nitrogen and oxygen atoms in total. The van der Waals surface area contributed by atoms with Gasteiger partial charge in [0.25, 0.3) is 5.69 Å². The standard InChI is InChI=1S/C18H18N2O4/c21-12-15-7-4-10-19(15)16-9-8-14(11-17(16)20(23)24)18(22)13-5-2-1-3-6-13/h1-3,5-6,8-9,11,15,21H,4,7,10,12H2/t15-/m1/s1. The SMILES string of the molecule is O=C(c1ccccc1)c1ccc(N2CCC[C@@H]2CO)c([N+](=O)[O-])c1. The molecule has 0 spiro atoms. The van der Waals surface area contributed by atoms with Gasteiger partial charge < -0.3 is 10.0 Å². The van der Waals surface area contributed by atoms with Crippen molar-refractivity contribution in [1.82, 2.24) is 0 Å².